The zero-order chi connectivity index (χ0) is 14.6. The van der Waals surface area contributed by atoms with Crippen LogP contribution in [0.15, 0.2) is 24.3 Å². The van der Waals surface area contributed by atoms with Crippen molar-refractivity contribution in [2.24, 2.45) is 0 Å². The zero-order valence-electron chi connectivity index (χ0n) is 11.7. The molecule has 1 aromatic rings. The second kappa shape index (κ2) is 6.35. The van der Waals surface area contributed by atoms with E-state index in [0.29, 0.717) is 19.4 Å². The number of rotatable bonds is 5. The first-order chi connectivity index (χ1) is 9.64. The lowest BCUT2D eigenvalue weighted by molar-refractivity contribution is -0.126. The van der Waals surface area contributed by atoms with E-state index in [0.717, 1.165) is 0 Å². The Labute approximate surface area is 119 Å². The smallest absolute Gasteiger partial charge is 0.238 e. The fourth-order valence-electron chi connectivity index (χ4n) is 2.43. The van der Waals surface area contributed by atoms with Crippen LogP contribution >= 0.6 is 0 Å². The summed E-state index contributed by atoms with van der Waals surface area (Å²) < 4.78 is 0. The number of aliphatic hydroxyl groups is 2. The van der Waals surface area contributed by atoms with Crippen LogP contribution in [0.2, 0.25) is 0 Å². The Kier molecular flexibility index (Phi) is 4.75. The molecule has 0 fully saturated rings. The molecule has 2 rings (SSSR count). The molecule has 110 valence electrons. The molecule has 0 bridgehead atoms. The van der Waals surface area contributed by atoms with E-state index in [1.54, 1.807) is 0 Å². The highest BCUT2D eigenvalue weighted by Crippen LogP contribution is 2.17. The minimum absolute atomic E-state index is 0.176. The molecular weight excluding hydrogens is 256 g/mol. The second-order valence-electron chi connectivity index (χ2n) is 5.35. The van der Waals surface area contributed by atoms with Crippen LogP contribution in [0.1, 0.15) is 24.5 Å². The molecule has 1 aliphatic heterocycles. The molecule has 4 N–H and O–H groups in total. The van der Waals surface area contributed by atoms with Gasteiger partial charge >= 0.3 is 0 Å². The van der Waals surface area contributed by atoms with Gasteiger partial charge in [-0.1, -0.05) is 31.2 Å². The molecule has 5 nitrogen and oxygen atoms in total. The number of carbonyl (C=O) groups excluding carboxylic acids is 1. The van der Waals surface area contributed by atoms with Crippen molar-refractivity contribution in [2.45, 2.75) is 37.9 Å². The number of carbonyl (C=O) groups is 1. The molecule has 20 heavy (non-hydrogen) atoms. The van der Waals surface area contributed by atoms with E-state index < -0.39 is 5.54 Å². The summed E-state index contributed by atoms with van der Waals surface area (Å²) in [7, 11) is 0. The largest absolute Gasteiger partial charge is 0.394 e. The van der Waals surface area contributed by atoms with Crippen molar-refractivity contribution in [3.05, 3.63) is 35.4 Å². The third-order valence-electron chi connectivity index (χ3n) is 4.07. The number of fused-ring (bicyclic) bond motifs is 1. The van der Waals surface area contributed by atoms with Crippen molar-refractivity contribution < 1.29 is 15.0 Å². The number of nitrogens with one attached hydrogen (secondary N) is 2. The zero-order valence-corrected chi connectivity index (χ0v) is 11.7. The van der Waals surface area contributed by atoms with E-state index in [-0.39, 0.29) is 25.2 Å². The molecule has 1 atom stereocenters. The molecule has 5 heteroatoms. The minimum atomic E-state index is -0.935. The van der Waals surface area contributed by atoms with Crippen LogP contribution in [0.4, 0.5) is 0 Å². The predicted octanol–water partition coefficient (Wildman–Crippen LogP) is -0.0495. The van der Waals surface area contributed by atoms with Crippen molar-refractivity contribution in [1.29, 1.82) is 0 Å². The monoisotopic (exact) mass is 278 g/mol. The van der Waals surface area contributed by atoms with Gasteiger partial charge in [0.1, 0.15) is 0 Å². The minimum Gasteiger partial charge on any atom is -0.394 e. The topological polar surface area (TPSA) is 81.6 Å². The van der Waals surface area contributed by atoms with Crippen molar-refractivity contribution in [2.75, 3.05) is 13.2 Å². The molecule has 0 spiro atoms. The highest BCUT2D eigenvalue weighted by molar-refractivity contribution is 5.83. The lowest BCUT2D eigenvalue weighted by Gasteiger charge is -2.33. The van der Waals surface area contributed by atoms with Gasteiger partial charge in [-0.05, 0) is 24.0 Å². The molecule has 0 aromatic heterocycles. The number of hydrogen-bond donors (Lipinski definition) is 4. The molecule has 1 aromatic carbocycles. The summed E-state index contributed by atoms with van der Waals surface area (Å²) in [6, 6.07) is 7.71. The Morgan fingerprint density at radius 1 is 1.35 bits per heavy atom. The normalized spacial score (nSPS) is 18.4. The predicted molar refractivity (Wildman–Crippen MR) is 76.1 cm³/mol. The summed E-state index contributed by atoms with van der Waals surface area (Å²) >= 11 is 0. The Morgan fingerprint density at radius 2 is 2.00 bits per heavy atom. The average Bonchev–Trinajstić information content (AvgIpc) is 2.52. The van der Waals surface area contributed by atoms with E-state index in [4.69, 9.17) is 0 Å². The van der Waals surface area contributed by atoms with Crippen molar-refractivity contribution in [3.63, 3.8) is 0 Å². The first-order valence-electron chi connectivity index (χ1n) is 6.98. The first-order valence-corrected chi connectivity index (χ1v) is 6.98. The van der Waals surface area contributed by atoms with Crippen LogP contribution in [0.5, 0.6) is 0 Å². The maximum absolute atomic E-state index is 12.3. The van der Waals surface area contributed by atoms with Gasteiger partial charge in [0.2, 0.25) is 5.91 Å². The second-order valence-corrected chi connectivity index (χ2v) is 5.35. The lowest BCUT2D eigenvalue weighted by atomic mass is 9.93. The van der Waals surface area contributed by atoms with Gasteiger partial charge in [0.15, 0.2) is 0 Å². The molecule has 1 heterocycles. The molecule has 0 saturated heterocycles. The molecule has 0 unspecified atom stereocenters. The van der Waals surface area contributed by atoms with Gasteiger partial charge in [0.05, 0.1) is 24.8 Å². The highest BCUT2D eigenvalue weighted by Gasteiger charge is 2.32. The first kappa shape index (κ1) is 15.0. The van der Waals surface area contributed by atoms with Gasteiger partial charge in [0, 0.05) is 6.54 Å². The third kappa shape index (κ3) is 3.00. The van der Waals surface area contributed by atoms with Gasteiger partial charge in [-0.15, -0.1) is 0 Å². The van der Waals surface area contributed by atoms with Crippen molar-refractivity contribution in [1.82, 2.24) is 10.6 Å². The molecule has 0 aliphatic carbocycles. The van der Waals surface area contributed by atoms with E-state index in [9.17, 15) is 15.0 Å². The van der Waals surface area contributed by atoms with Gasteiger partial charge in [-0.3, -0.25) is 4.79 Å². The number of aliphatic hydroxyl groups excluding tert-OH is 2. The van der Waals surface area contributed by atoms with E-state index in [1.165, 1.54) is 11.1 Å². The van der Waals surface area contributed by atoms with Crippen LogP contribution in [-0.2, 0) is 17.8 Å². The van der Waals surface area contributed by atoms with Crippen LogP contribution in [0.25, 0.3) is 0 Å². The Balaban J connectivity index is 2.05. The van der Waals surface area contributed by atoms with Gasteiger partial charge in [-0.25, -0.2) is 0 Å². The van der Waals surface area contributed by atoms with E-state index >= 15 is 0 Å². The summed E-state index contributed by atoms with van der Waals surface area (Å²) in [5.74, 6) is -0.176. The maximum Gasteiger partial charge on any atom is 0.238 e. The van der Waals surface area contributed by atoms with Crippen molar-refractivity contribution in [3.8, 4) is 0 Å². The number of benzene rings is 1. The average molecular weight is 278 g/mol. The van der Waals surface area contributed by atoms with Crippen LogP contribution < -0.4 is 10.6 Å². The summed E-state index contributed by atoms with van der Waals surface area (Å²) in [6.45, 7) is 1.95. The highest BCUT2D eigenvalue weighted by atomic mass is 16.3. The van der Waals surface area contributed by atoms with E-state index in [2.05, 4.69) is 10.6 Å². The number of hydrogen-bond acceptors (Lipinski definition) is 4. The summed E-state index contributed by atoms with van der Waals surface area (Å²) in [4.78, 5) is 12.3. The number of amides is 1. The van der Waals surface area contributed by atoms with Gasteiger partial charge < -0.3 is 20.8 Å². The summed E-state index contributed by atoms with van der Waals surface area (Å²) in [5, 5.41) is 24.7. The quantitative estimate of drug-likeness (QED) is 0.609. The SMILES string of the molecule is CCC(CO)(CO)NC(=O)[C@H]1Cc2ccccc2CN1. The Hall–Kier alpha value is -1.43. The van der Waals surface area contributed by atoms with Crippen LogP contribution in [0, 0.1) is 0 Å². The van der Waals surface area contributed by atoms with Crippen LogP contribution in [-0.4, -0.2) is 40.9 Å². The summed E-state index contributed by atoms with van der Waals surface area (Å²) in [6.07, 6.45) is 1.10. The standard InChI is InChI=1S/C15H22N2O3/c1-2-15(9-18,10-19)17-14(20)13-7-11-5-3-4-6-12(11)8-16-13/h3-6,13,16,18-19H,2,7-10H2,1H3,(H,17,20)/t13-/m1/s1. The molecule has 1 amide bonds. The van der Waals surface area contributed by atoms with Crippen molar-refractivity contribution >= 4 is 5.91 Å². The molecule has 0 saturated carbocycles. The van der Waals surface area contributed by atoms with Gasteiger partial charge in [-0.2, -0.15) is 0 Å². The fourth-order valence-corrected chi connectivity index (χ4v) is 2.43. The Bertz CT molecular complexity index is 464. The summed E-state index contributed by atoms with van der Waals surface area (Å²) in [5.41, 5.74) is 1.44. The third-order valence-corrected chi connectivity index (χ3v) is 4.07. The maximum atomic E-state index is 12.3. The Morgan fingerprint density at radius 3 is 2.60 bits per heavy atom. The fraction of sp³-hybridized carbons (Fsp3) is 0.533. The van der Waals surface area contributed by atoms with E-state index in [1.807, 2.05) is 31.2 Å². The molecular formula is C15H22N2O3. The lowest BCUT2D eigenvalue weighted by Crippen LogP contribution is -2.59. The molecule has 1 aliphatic rings. The van der Waals surface area contributed by atoms with Crippen LogP contribution in [0.3, 0.4) is 0 Å². The molecule has 0 radical (unpaired) electrons. The van der Waals surface area contributed by atoms with Gasteiger partial charge in [0.25, 0.3) is 0 Å².